The van der Waals surface area contributed by atoms with Crippen molar-refractivity contribution in [2.24, 2.45) is 0 Å². The van der Waals surface area contributed by atoms with Gasteiger partial charge in [-0.15, -0.1) is 0 Å². The number of phenols is 2. The lowest BCUT2D eigenvalue weighted by atomic mass is 9.87. The second kappa shape index (κ2) is 28.9. The number of hydrogen-bond acceptors (Lipinski definition) is 9. The van der Waals surface area contributed by atoms with Crippen molar-refractivity contribution in [1.82, 2.24) is 0 Å². The molecule has 2 aromatic rings. The highest BCUT2D eigenvalue weighted by atomic mass is 16.6. The predicted molar refractivity (Wildman–Crippen MR) is 188 cm³/mol. The van der Waals surface area contributed by atoms with Gasteiger partial charge in [0.25, 0.3) is 0 Å². The van der Waals surface area contributed by atoms with Gasteiger partial charge in [-0.3, -0.25) is 0 Å². The molecule has 2 aromatic carbocycles. The summed E-state index contributed by atoms with van der Waals surface area (Å²) in [6.07, 6.45) is 14.2. The molecule has 3 aliphatic heterocycles. The van der Waals surface area contributed by atoms with Crippen molar-refractivity contribution in [1.29, 1.82) is 0 Å². The highest BCUT2D eigenvalue weighted by Gasteiger charge is 2.13. The predicted octanol–water partition coefficient (Wildman–Crippen LogP) is 7.49. The summed E-state index contributed by atoms with van der Waals surface area (Å²) in [7, 11) is 0. The molecule has 0 bridgehead atoms. The number of carboxylic acid groups (broad SMARTS) is 1. The first-order chi connectivity index (χ1) is 22.8. The number of aryl methyl sites for hydroxylation is 1. The summed E-state index contributed by atoms with van der Waals surface area (Å²) < 4.78 is 13.2. The van der Waals surface area contributed by atoms with E-state index in [0.29, 0.717) is 17.6 Å². The zero-order valence-electron chi connectivity index (χ0n) is 29.3. The van der Waals surface area contributed by atoms with Crippen molar-refractivity contribution in [2.75, 3.05) is 19.8 Å². The van der Waals surface area contributed by atoms with Crippen molar-refractivity contribution >= 4 is 24.7 Å². The number of epoxide rings is 2. The maximum absolute atomic E-state index is 9.92. The second-order valence-electron chi connectivity index (χ2n) is 11.7. The number of carbonyl (C=O) groups is 4. The highest BCUT2D eigenvalue weighted by Crippen LogP contribution is 2.23. The van der Waals surface area contributed by atoms with Gasteiger partial charge >= 0.3 is 17.9 Å². The van der Waals surface area contributed by atoms with Gasteiger partial charge in [0, 0.05) is 18.2 Å². The number of carboxylic acids is 1. The number of rotatable bonds is 9. The largest absolute Gasteiger partial charge is 0.508 e. The van der Waals surface area contributed by atoms with Gasteiger partial charge in [0.1, 0.15) is 18.3 Å². The first-order valence-corrected chi connectivity index (χ1v) is 16.1. The molecule has 10 nitrogen and oxygen atoms in total. The molecule has 10 heteroatoms. The maximum Gasteiger partial charge on any atom is 0.338 e. The summed E-state index contributed by atoms with van der Waals surface area (Å²) in [6.45, 7) is 18.7. The summed E-state index contributed by atoms with van der Waals surface area (Å²) in [5, 5.41) is 25.8. The monoisotopic (exact) mass is 672 g/mol. The molecule has 0 aromatic heterocycles. The molecule has 0 radical (unpaired) electrons. The van der Waals surface area contributed by atoms with Gasteiger partial charge in [-0.2, -0.15) is 0 Å². The minimum absolute atomic E-state index is 0.174. The van der Waals surface area contributed by atoms with Crippen molar-refractivity contribution < 1.29 is 48.7 Å². The van der Waals surface area contributed by atoms with Gasteiger partial charge in [0.15, 0.2) is 0 Å². The molecule has 2 saturated heterocycles. The minimum atomic E-state index is -0.981. The van der Waals surface area contributed by atoms with Gasteiger partial charge in [-0.25, -0.2) is 14.4 Å². The van der Waals surface area contributed by atoms with Crippen LogP contribution in [0.2, 0.25) is 0 Å². The van der Waals surface area contributed by atoms with Gasteiger partial charge < -0.3 is 34.3 Å². The maximum atomic E-state index is 9.92. The lowest BCUT2D eigenvalue weighted by molar-refractivity contribution is -0.150. The molecular formula is C38H56O10. The number of phenolic OH excluding ortho intramolecular Hbond substituents is 2. The summed E-state index contributed by atoms with van der Waals surface area (Å²) in [6, 6.07) is 14.9. The fourth-order valence-electron chi connectivity index (χ4n) is 3.31. The van der Waals surface area contributed by atoms with Crippen LogP contribution in [0.4, 0.5) is 0 Å². The van der Waals surface area contributed by atoms with E-state index in [1.807, 2.05) is 31.1 Å². The summed E-state index contributed by atoms with van der Waals surface area (Å²) >= 11 is 0. The molecular weight excluding hydrogens is 616 g/mol. The standard InChI is InChI=1S/C15H24O.C10H14O.C4H2O3.C3H4O2.C3H6O.C2H4O.CH2O/c1-2-3-4-5-6-7-8-9-14-10-12-15(16)13-11-14;1-10(2,3)8-4-6-9(11)7-5-8;5-3-1-2-4(6)7-3;1-2-3(4)5;1-3-2-4-3;1-2-3-1;1-2/h10-13,16H,2-9H2,1H3;4-7,11H,1-3H3;1-2H;2H,1H2,(H,4,5);3H,2H2,1H3;1-2H2;1H2. The molecule has 0 spiro atoms. The fraction of sp³-hybridized carbons (Fsp3) is 0.474. The van der Waals surface area contributed by atoms with Crippen LogP contribution in [-0.2, 0) is 45.2 Å². The number of carbonyl (C=O) groups excluding carboxylic acids is 3. The lowest BCUT2D eigenvalue weighted by Crippen LogP contribution is -2.10. The first-order valence-electron chi connectivity index (χ1n) is 16.1. The number of aliphatic carboxylic acids is 1. The Bertz CT molecular complexity index is 1140. The van der Waals surface area contributed by atoms with Gasteiger partial charge in [0.2, 0.25) is 0 Å². The molecule has 0 aliphatic carbocycles. The van der Waals surface area contributed by atoms with Gasteiger partial charge in [-0.1, -0.05) is 97.1 Å². The van der Waals surface area contributed by atoms with Crippen molar-refractivity contribution in [3.05, 3.63) is 84.5 Å². The van der Waals surface area contributed by atoms with Gasteiger partial charge in [0.05, 0.1) is 25.9 Å². The average molecular weight is 673 g/mol. The van der Waals surface area contributed by atoms with Crippen LogP contribution in [0, 0.1) is 0 Å². The number of ether oxygens (including phenoxy) is 3. The minimum Gasteiger partial charge on any atom is -0.508 e. The smallest absolute Gasteiger partial charge is 0.338 e. The van der Waals surface area contributed by atoms with Crippen LogP contribution in [0.5, 0.6) is 11.5 Å². The van der Waals surface area contributed by atoms with E-state index in [1.54, 1.807) is 24.3 Å². The lowest BCUT2D eigenvalue weighted by Gasteiger charge is -2.18. The topological polar surface area (TPSA) is 163 Å². The Kier molecular flexibility index (Phi) is 27.6. The number of cyclic esters (lactones) is 2. The number of esters is 2. The quantitative estimate of drug-likeness (QED) is 0.0799. The molecule has 268 valence electrons. The van der Waals surface area contributed by atoms with Crippen LogP contribution in [0.1, 0.15) is 90.7 Å². The van der Waals surface area contributed by atoms with Crippen LogP contribution < -0.4 is 0 Å². The number of aromatic hydroxyl groups is 2. The van der Waals surface area contributed by atoms with Crippen LogP contribution in [-0.4, -0.2) is 65.9 Å². The van der Waals surface area contributed by atoms with E-state index >= 15 is 0 Å². The zero-order valence-corrected chi connectivity index (χ0v) is 29.3. The molecule has 3 aliphatic rings. The van der Waals surface area contributed by atoms with Crippen LogP contribution in [0.15, 0.2) is 73.3 Å². The molecule has 48 heavy (non-hydrogen) atoms. The molecule has 1 atom stereocenters. The molecule has 3 heterocycles. The third-order valence-corrected chi connectivity index (χ3v) is 6.17. The van der Waals surface area contributed by atoms with Crippen molar-refractivity contribution in [3.63, 3.8) is 0 Å². The first kappa shape index (κ1) is 45.8. The Labute approximate surface area is 286 Å². The molecule has 2 fully saturated rings. The Morgan fingerprint density at radius 2 is 1.21 bits per heavy atom. The Morgan fingerprint density at radius 1 is 0.833 bits per heavy atom. The average Bonchev–Trinajstić information content (AvgIpc) is 4.01. The summed E-state index contributed by atoms with van der Waals surface area (Å²) in [4.78, 5) is 37.1. The SMILES string of the molecule is C1CO1.C=CC(=O)O.C=O.CC(C)(C)c1ccc(O)cc1.CC1CO1.CCCCCCCCCc1ccc(O)cc1.O=C1C=CC(=O)O1. The number of hydrogen-bond donors (Lipinski definition) is 3. The van der Waals surface area contributed by atoms with E-state index in [-0.39, 0.29) is 5.41 Å². The third-order valence-electron chi connectivity index (χ3n) is 6.17. The molecule has 5 rings (SSSR count). The molecule has 0 amide bonds. The Hall–Kier alpha value is -4.28. The number of benzene rings is 2. The van der Waals surface area contributed by atoms with Crippen molar-refractivity contribution in [3.8, 4) is 11.5 Å². The van der Waals surface area contributed by atoms with E-state index in [0.717, 1.165) is 44.5 Å². The third kappa shape index (κ3) is 33.1. The zero-order chi connectivity index (χ0) is 36.8. The number of unbranched alkanes of at least 4 members (excludes halogenated alkanes) is 6. The van der Waals surface area contributed by atoms with E-state index in [4.69, 9.17) is 24.9 Å². The van der Waals surface area contributed by atoms with Gasteiger partial charge in [-0.05, 0) is 60.6 Å². The Morgan fingerprint density at radius 3 is 1.50 bits per heavy atom. The fourth-order valence-corrected chi connectivity index (χ4v) is 3.31. The molecule has 1 unspecified atom stereocenters. The summed E-state index contributed by atoms with van der Waals surface area (Å²) in [5.74, 6) is -1.44. The second-order valence-corrected chi connectivity index (χ2v) is 11.7. The normalized spacial score (nSPS) is 14.3. The van der Waals surface area contributed by atoms with Crippen LogP contribution in [0.3, 0.4) is 0 Å². The van der Waals surface area contributed by atoms with E-state index in [2.05, 4.69) is 50.7 Å². The Balaban J connectivity index is 0. The molecule has 0 saturated carbocycles. The highest BCUT2D eigenvalue weighted by molar-refractivity contribution is 6.04. The summed E-state index contributed by atoms with van der Waals surface area (Å²) in [5.41, 5.74) is 2.76. The molecule has 3 N–H and O–H groups in total. The van der Waals surface area contributed by atoms with Crippen molar-refractivity contribution in [2.45, 2.75) is 97.5 Å². The van der Waals surface area contributed by atoms with E-state index in [1.165, 1.54) is 56.1 Å². The van der Waals surface area contributed by atoms with E-state index in [9.17, 15) is 14.4 Å². The van der Waals surface area contributed by atoms with Crippen LogP contribution in [0.25, 0.3) is 0 Å². The van der Waals surface area contributed by atoms with E-state index < -0.39 is 17.9 Å². The van der Waals surface area contributed by atoms with Crippen LogP contribution >= 0.6 is 0 Å².